The van der Waals surface area contributed by atoms with E-state index in [-0.39, 0.29) is 23.7 Å². The molecule has 2 atom stereocenters. The summed E-state index contributed by atoms with van der Waals surface area (Å²) < 4.78 is 19.1. The Balaban J connectivity index is 1.47. The molecule has 0 radical (unpaired) electrons. The van der Waals surface area contributed by atoms with E-state index in [1.54, 1.807) is 19.9 Å². The van der Waals surface area contributed by atoms with E-state index in [2.05, 4.69) is 15.6 Å². The van der Waals surface area contributed by atoms with E-state index in [1.165, 1.54) is 18.2 Å². The van der Waals surface area contributed by atoms with Gasteiger partial charge in [-0.05, 0) is 68.9 Å². The number of aromatic amines is 1. The second kappa shape index (κ2) is 10.5. The topological polar surface area (TPSA) is 121 Å². The van der Waals surface area contributed by atoms with Gasteiger partial charge in [0, 0.05) is 42.3 Å². The molecule has 35 heavy (non-hydrogen) atoms. The van der Waals surface area contributed by atoms with E-state index in [9.17, 15) is 23.9 Å². The number of ether oxygens (including phenoxy) is 1. The van der Waals surface area contributed by atoms with Crippen LogP contribution in [0.15, 0.2) is 18.2 Å². The Morgan fingerprint density at radius 1 is 1.34 bits per heavy atom. The predicted octanol–water partition coefficient (Wildman–Crippen LogP) is 3.13. The molecule has 2 aliphatic rings. The van der Waals surface area contributed by atoms with Gasteiger partial charge in [0.25, 0.3) is 11.8 Å². The minimum absolute atomic E-state index is 0.214. The van der Waals surface area contributed by atoms with Gasteiger partial charge in [-0.25, -0.2) is 4.39 Å². The van der Waals surface area contributed by atoms with Crippen LogP contribution in [-0.2, 0) is 14.3 Å². The summed E-state index contributed by atoms with van der Waals surface area (Å²) in [4.78, 5) is 41.2. The highest BCUT2D eigenvalue weighted by Gasteiger charge is 2.27. The molecule has 9 heteroatoms. The van der Waals surface area contributed by atoms with E-state index in [0.29, 0.717) is 46.1 Å². The molecule has 0 bridgehead atoms. The first-order valence-electron chi connectivity index (χ1n) is 11.8. The number of H-pyrrole nitrogens is 1. The van der Waals surface area contributed by atoms with Crippen LogP contribution in [-0.4, -0.2) is 53.6 Å². The van der Waals surface area contributed by atoms with Crippen molar-refractivity contribution in [3.63, 3.8) is 0 Å². The number of ketones is 1. The average molecular weight is 484 g/mol. The van der Waals surface area contributed by atoms with Gasteiger partial charge in [0.1, 0.15) is 11.9 Å². The third-order valence-electron chi connectivity index (χ3n) is 6.69. The van der Waals surface area contributed by atoms with E-state index in [1.807, 2.05) is 0 Å². The number of aromatic nitrogens is 1. The number of carbonyl (C=O) groups excluding carboxylic acids is 3. The SMILES string of the molecule is Cc1[nH]c(/C=C2\C(=O)Nc3ccc(F)cc32)c(C)c1C(=O)N[C@H](CO)C(=O)CCCC1CCOC1. The van der Waals surface area contributed by atoms with Crippen LogP contribution < -0.4 is 10.6 Å². The van der Waals surface area contributed by atoms with Gasteiger partial charge in [-0.2, -0.15) is 0 Å². The lowest BCUT2D eigenvalue weighted by atomic mass is 9.98. The largest absolute Gasteiger partial charge is 0.394 e. The molecule has 0 saturated carbocycles. The van der Waals surface area contributed by atoms with E-state index in [4.69, 9.17) is 4.74 Å². The molecule has 3 heterocycles. The van der Waals surface area contributed by atoms with Crippen molar-refractivity contribution in [3.05, 3.63) is 52.1 Å². The number of carbonyl (C=O) groups is 3. The molecule has 1 aromatic carbocycles. The van der Waals surface area contributed by atoms with Crippen molar-refractivity contribution in [2.45, 2.75) is 45.6 Å². The van der Waals surface area contributed by atoms with Crippen molar-refractivity contribution in [1.82, 2.24) is 10.3 Å². The number of amides is 2. The Morgan fingerprint density at radius 2 is 2.14 bits per heavy atom. The van der Waals surface area contributed by atoms with Crippen molar-refractivity contribution in [3.8, 4) is 0 Å². The molecule has 2 amide bonds. The normalized spacial score (nSPS) is 19.0. The maximum Gasteiger partial charge on any atom is 0.256 e. The summed E-state index contributed by atoms with van der Waals surface area (Å²) in [6.45, 7) is 4.44. The summed E-state index contributed by atoms with van der Waals surface area (Å²) in [6, 6.07) is 3.07. The molecule has 0 aliphatic carbocycles. The fourth-order valence-electron chi connectivity index (χ4n) is 4.72. The molecule has 1 unspecified atom stereocenters. The first kappa shape index (κ1) is 24.8. The van der Waals surface area contributed by atoms with Crippen LogP contribution in [0.5, 0.6) is 0 Å². The molecular formula is C26H30FN3O5. The quantitative estimate of drug-likeness (QED) is 0.409. The Bertz CT molecular complexity index is 1180. The lowest BCUT2D eigenvalue weighted by Gasteiger charge is -2.16. The monoisotopic (exact) mass is 483 g/mol. The van der Waals surface area contributed by atoms with Crippen LogP contribution in [0.4, 0.5) is 10.1 Å². The molecule has 2 aliphatic heterocycles. The summed E-state index contributed by atoms with van der Waals surface area (Å²) in [6.07, 6.45) is 4.42. The van der Waals surface area contributed by atoms with E-state index in [0.717, 1.165) is 26.1 Å². The second-order valence-corrected chi connectivity index (χ2v) is 9.16. The van der Waals surface area contributed by atoms with Crippen LogP contribution >= 0.6 is 0 Å². The van der Waals surface area contributed by atoms with Crippen molar-refractivity contribution in [1.29, 1.82) is 0 Å². The van der Waals surface area contributed by atoms with Gasteiger partial charge in [-0.15, -0.1) is 0 Å². The summed E-state index contributed by atoms with van der Waals surface area (Å²) in [5.41, 5.74) is 3.25. The third kappa shape index (κ3) is 5.36. The highest BCUT2D eigenvalue weighted by atomic mass is 19.1. The number of nitrogens with one attached hydrogen (secondary N) is 3. The molecule has 8 nitrogen and oxygen atoms in total. The van der Waals surface area contributed by atoms with Gasteiger partial charge in [0.15, 0.2) is 5.78 Å². The number of rotatable bonds is 9. The highest BCUT2D eigenvalue weighted by molar-refractivity contribution is 6.34. The zero-order chi connectivity index (χ0) is 25.1. The molecule has 2 aromatic rings. The maximum atomic E-state index is 13.8. The van der Waals surface area contributed by atoms with Crippen LogP contribution in [0.2, 0.25) is 0 Å². The van der Waals surface area contributed by atoms with Gasteiger partial charge in [-0.1, -0.05) is 0 Å². The van der Waals surface area contributed by atoms with Crippen LogP contribution in [0.3, 0.4) is 0 Å². The lowest BCUT2D eigenvalue weighted by Crippen LogP contribution is -2.43. The standard InChI is InChI=1S/C26H30FN3O5/c1-14-21(11-19-18-10-17(27)6-7-20(18)29-25(19)33)28-15(2)24(14)26(34)30-22(12-31)23(32)5-3-4-16-8-9-35-13-16/h6-7,10-11,16,22,28,31H,3-5,8-9,12-13H2,1-2H3,(H,29,33)(H,30,34)/b19-11-/t16?,22-/m1/s1. The number of aryl methyl sites for hydroxylation is 1. The van der Waals surface area contributed by atoms with Crippen LogP contribution in [0.25, 0.3) is 11.6 Å². The average Bonchev–Trinajstić information content (AvgIpc) is 3.51. The van der Waals surface area contributed by atoms with Gasteiger partial charge in [0.2, 0.25) is 0 Å². The first-order chi connectivity index (χ1) is 16.8. The molecule has 1 aromatic heterocycles. The number of hydrogen-bond donors (Lipinski definition) is 4. The zero-order valence-corrected chi connectivity index (χ0v) is 19.9. The Morgan fingerprint density at radius 3 is 2.86 bits per heavy atom. The second-order valence-electron chi connectivity index (χ2n) is 9.16. The maximum absolute atomic E-state index is 13.8. The summed E-state index contributed by atoms with van der Waals surface area (Å²) >= 11 is 0. The third-order valence-corrected chi connectivity index (χ3v) is 6.69. The molecule has 1 saturated heterocycles. The number of halogens is 1. The number of hydrogen-bond acceptors (Lipinski definition) is 5. The zero-order valence-electron chi connectivity index (χ0n) is 19.9. The van der Waals surface area contributed by atoms with E-state index >= 15 is 0 Å². The molecule has 4 rings (SSSR count). The van der Waals surface area contributed by atoms with Gasteiger partial charge in [0.05, 0.1) is 17.7 Å². The molecule has 1 fully saturated rings. The Kier molecular flexibility index (Phi) is 7.47. The number of Topliss-reactive ketones (excluding diaryl/α,β-unsaturated/α-hetero) is 1. The number of anilines is 1. The first-order valence-corrected chi connectivity index (χ1v) is 11.8. The number of aliphatic hydroxyl groups excluding tert-OH is 1. The predicted molar refractivity (Wildman–Crippen MR) is 129 cm³/mol. The molecule has 4 N–H and O–H groups in total. The van der Waals surface area contributed by atoms with Crippen LogP contribution in [0.1, 0.15) is 58.6 Å². The Hall–Kier alpha value is -3.30. The molecular weight excluding hydrogens is 453 g/mol. The minimum atomic E-state index is -0.992. The summed E-state index contributed by atoms with van der Waals surface area (Å²) in [5, 5.41) is 15.1. The minimum Gasteiger partial charge on any atom is -0.394 e. The van der Waals surface area contributed by atoms with Gasteiger partial charge < -0.3 is 25.5 Å². The fourth-order valence-corrected chi connectivity index (χ4v) is 4.72. The summed E-state index contributed by atoms with van der Waals surface area (Å²) in [5.74, 6) is -1.05. The van der Waals surface area contributed by atoms with Gasteiger partial charge in [-0.3, -0.25) is 14.4 Å². The smallest absolute Gasteiger partial charge is 0.256 e. The van der Waals surface area contributed by atoms with E-state index < -0.39 is 24.4 Å². The highest BCUT2D eigenvalue weighted by Crippen LogP contribution is 2.34. The van der Waals surface area contributed by atoms with Crippen molar-refractivity contribution < 1.29 is 28.6 Å². The van der Waals surface area contributed by atoms with Crippen molar-refractivity contribution in [2.24, 2.45) is 5.92 Å². The fraction of sp³-hybridized carbons (Fsp3) is 0.423. The van der Waals surface area contributed by atoms with Crippen LogP contribution in [0, 0.1) is 25.6 Å². The van der Waals surface area contributed by atoms with Crippen molar-refractivity contribution >= 4 is 34.9 Å². The number of fused-ring (bicyclic) bond motifs is 1. The molecule has 0 spiro atoms. The molecule has 186 valence electrons. The number of aliphatic hydroxyl groups is 1. The van der Waals surface area contributed by atoms with Crippen molar-refractivity contribution in [2.75, 3.05) is 25.1 Å². The number of benzene rings is 1. The van der Waals surface area contributed by atoms with Gasteiger partial charge >= 0.3 is 0 Å². The Labute approximate surface area is 202 Å². The lowest BCUT2D eigenvalue weighted by molar-refractivity contribution is -0.122. The summed E-state index contributed by atoms with van der Waals surface area (Å²) in [7, 11) is 0.